The van der Waals surface area contributed by atoms with Gasteiger partial charge < -0.3 is 4.84 Å². The van der Waals surface area contributed by atoms with E-state index in [0.717, 1.165) is 43.4 Å². The van der Waals surface area contributed by atoms with Gasteiger partial charge in [0, 0.05) is 11.8 Å². The molecule has 0 radical (unpaired) electrons. The van der Waals surface area contributed by atoms with Crippen molar-refractivity contribution in [3.63, 3.8) is 0 Å². The summed E-state index contributed by atoms with van der Waals surface area (Å²) in [4.78, 5) is 17.0. The first-order chi connectivity index (χ1) is 11.0. The summed E-state index contributed by atoms with van der Waals surface area (Å²) in [5, 5.41) is 4.39. The van der Waals surface area contributed by atoms with Crippen molar-refractivity contribution in [1.29, 1.82) is 0 Å². The van der Waals surface area contributed by atoms with Gasteiger partial charge in [0.25, 0.3) is 0 Å². The van der Waals surface area contributed by atoms with Crippen LogP contribution in [0.15, 0.2) is 16.8 Å². The Kier molecular flexibility index (Phi) is 3.48. The van der Waals surface area contributed by atoms with Crippen molar-refractivity contribution in [3.05, 3.63) is 11.6 Å². The Bertz CT molecular complexity index is 592. The van der Waals surface area contributed by atoms with E-state index in [1.54, 1.807) is 7.11 Å². The Morgan fingerprint density at radius 3 is 2.61 bits per heavy atom. The van der Waals surface area contributed by atoms with E-state index in [9.17, 15) is 4.79 Å². The van der Waals surface area contributed by atoms with Gasteiger partial charge in [0.05, 0.1) is 5.71 Å². The second-order valence-corrected chi connectivity index (χ2v) is 8.68. The predicted octanol–water partition coefficient (Wildman–Crippen LogP) is 4.52. The third-order valence-corrected chi connectivity index (χ3v) is 7.90. The number of allylic oxidation sites excluding steroid dienone is 1. The molecule has 5 atom stereocenters. The quantitative estimate of drug-likeness (QED) is 0.667. The number of rotatable bonds is 1. The minimum Gasteiger partial charge on any atom is -0.399 e. The van der Waals surface area contributed by atoms with Crippen LogP contribution in [-0.2, 0) is 9.63 Å². The molecular weight excluding hydrogens is 286 g/mol. The molecule has 3 fully saturated rings. The normalized spacial score (nSPS) is 47.6. The first kappa shape index (κ1) is 15.4. The zero-order chi connectivity index (χ0) is 16.2. The van der Waals surface area contributed by atoms with Crippen LogP contribution in [0, 0.1) is 28.6 Å². The first-order valence-corrected chi connectivity index (χ1v) is 9.33. The Hall–Kier alpha value is -1.12. The fourth-order valence-electron chi connectivity index (χ4n) is 6.61. The number of oxime groups is 1. The van der Waals surface area contributed by atoms with Crippen LogP contribution in [0.4, 0.5) is 0 Å². The van der Waals surface area contributed by atoms with Gasteiger partial charge in [0.1, 0.15) is 7.11 Å². The number of hydrogen-bond donors (Lipinski definition) is 0. The molecular formula is C20H29NO2. The van der Waals surface area contributed by atoms with Crippen molar-refractivity contribution < 1.29 is 9.63 Å². The molecule has 3 heteroatoms. The maximum atomic E-state index is 11.9. The van der Waals surface area contributed by atoms with Gasteiger partial charge in [0.2, 0.25) is 0 Å². The van der Waals surface area contributed by atoms with Crippen molar-refractivity contribution in [2.24, 2.45) is 33.7 Å². The molecule has 0 bridgehead atoms. The topological polar surface area (TPSA) is 38.7 Å². The van der Waals surface area contributed by atoms with Crippen LogP contribution in [0.2, 0.25) is 0 Å². The lowest BCUT2D eigenvalue weighted by Crippen LogP contribution is -2.50. The Morgan fingerprint density at radius 1 is 1.04 bits per heavy atom. The molecule has 0 spiro atoms. The van der Waals surface area contributed by atoms with E-state index >= 15 is 0 Å². The first-order valence-electron chi connectivity index (χ1n) is 9.33. The van der Waals surface area contributed by atoms with E-state index in [0.29, 0.717) is 5.78 Å². The molecule has 0 aromatic carbocycles. The van der Waals surface area contributed by atoms with Crippen LogP contribution < -0.4 is 0 Å². The lowest BCUT2D eigenvalue weighted by Gasteiger charge is -2.57. The van der Waals surface area contributed by atoms with E-state index in [-0.39, 0.29) is 10.8 Å². The Balaban J connectivity index is 1.67. The molecule has 0 saturated heterocycles. The highest BCUT2D eigenvalue weighted by Crippen LogP contribution is 2.64. The van der Waals surface area contributed by atoms with E-state index in [2.05, 4.69) is 19.0 Å². The average Bonchev–Trinajstić information content (AvgIpc) is 2.85. The monoisotopic (exact) mass is 315 g/mol. The van der Waals surface area contributed by atoms with Crippen LogP contribution in [0.25, 0.3) is 0 Å². The minimum atomic E-state index is 0.249. The standard InChI is InChI=1S/C20H29NO2/c1-19-10-8-14(22)12-13(19)4-5-15-16-6-7-18(21-23-3)20(16,2)11-9-17(15)19/h12,15-17H,4-11H2,1-3H3/b21-18+. The van der Waals surface area contributed by atoms with Crippen molar-refractivity contribution in [1.82, 2.24) is 0 Å². The highest BCUT2D eigenvalue weighted by molar-refractivity contribution is 5.92. The molecule has 0 amide bonds. The molecule has 0 aromatic heterocycles. The Labute approximate surface area is 139 Å². The molecule has 4 aliphatic rings. The van der Waals surface area contributed by atoms with Crippen molar-refractivity contribution in [2.75, 3.05) is 7.11 Å². The molecule has 0 aromatic rings. The number of nitrogens with zero attached hydrogens (tertiary/aromatic N) is 1. The number of carbonyl (C=O) groups is 1. The molecule has 23 heavy (non-hydrogen) atoms. The Morgan fingerprint density at radius 2 is 1.83 bits per heavy atom. The van der Waals surface area contributed by atoms with Gasteiger partial charge in [-0.3, -0.25) is 4.79 Å². The van der Waals surface area contributed by atoms with E-state index in [1.807, 2.05) is 6.08 Å². The molecule has 3 nitrogen and oxygen atoms in total. The summed E-state index contributed by atoms with van der Waals surface area (Å²) in [6, 6.07) is 0. The number of carbonyl (C=O) groups excluding carboxylic acids is 1. The van der Waals surface area contributed by atoms with Gasteiger partial charge >= 0.3 is 0 Å². The van der Waals surface area contributed by atoms with Crippen molar-refractivity contribution >= 4 is 11.5 Å². The molecule has 5 unspecified atom stereocenters. The van der Waals surface area contributed by atoms with Gasteiger partial charge in [-0.05, 0) is 74.2 Å². The summed E-state index contributed by atoms with van der Waals surface area (Å²) >= 11 is 0. The molecule has 126 valence electrons. The zero-order valence-electron chi connectivity index (χ0n) is 14.7. The molecule has 0 heterocycles. The van der Waals surface area contributed by atoms with Gasteiger partial charge in [-0.25, -0.2) is 0 Å². The maximum Gasteiger partial charge on any atom is 0.155 e. The fourth-order valence-corrected chi connectivity index (χ4v) is 6.61. The molecule has 4 aliphatic carbocycles. The summed E-state index contributed by atoms with van der Waals surface area (Å²) in [6.07, 6.45) is 11.1. The van der Waals surface area contributed by atoms with Crippen LogP contribution >= 0.6 is 0 Å². The second kappa shape index (κ2) is 5.19. The van der Waals surface area contributed by atoms with Gasteiger partial charge in [-0.2, -0.15) is 0 Å². The van der Waals surface area contributed by atoms with E-state index in [4.69, 9.17) is 4.84 Å². The SMILES string of the molecule is CO/N=C1\CCC2C3CCC4=CC(=O)CCC4(C)C3CCC12C. The van der Waals surface area contributed by atoms with Gasteiger partial charge in [-0.1, -0.05) is 24.6 Å². The third kappa shape index (κ3) is 2.08. The lowest BCUT2D eigenvalue weighted by atomic mass is 9.47. The summed E-state index contributed by atoms with van der Waals surface area (Å²) in [5.74, 6) is 2.67. The summed E-state index contributed by atoms with van der Waals surface area (Å²) < 4.78 is 0. The maximum absolute atomic E-state index is 11.9. The number of ketones is 1. The molecule has 4 rings (SSSR count). The smallest absolute Gasteiger partial charge is 0.155 e. The van der Waals surface area contributed by atoms with Gasteiger partial charge in [0.15, 0.2) is 5.78 Å². The van der Waals surface area contributed by atoms with Crippen LogP contribution in [0.5, 0.6) is 0 Å². The number of fused-ring (bicyclic) bond motifs is 5. The molecule has 0 aliphatic heterocycles. The predicted molar refractivity (Wildman–Crippen MR) is 91.2 cm³/mol. The van der Waals surface area contributed by atoms with Crippen LogP contribution in [0.3, 0.4) is 0 Å². The van der Waals surface area contributed by atoms with Crippen molar-refractivity contribution in [2.45, 2.75) is 65.2 Å². The number of hydrogen-bond acceptors (Lipinski definition) is 3. The summed E-state index contributed by atoms with van der Waals surface area (Å²) in [7, 11) is 1.67. The highest BCUT2D eigenvalue weighted by atomic mass is 16.6. The zero-order valence-corrected chi connectivity index (χ0v) is 14.7. The third-order valence-electron chi connectivity index (χ3n) is 7.90. The highest BCUT2D eigenvalue weighted by Gasteiger charge is 2.58. The van der Waals surface area contributed by atoms with Gasteiger partial charge in [-0.15, -0.1) is 0 Å². The van der Waals surface area contributed by atoms with E-state index in [1.165, 1.54) is 37.0 Å². The minimum absolute atomic E-state index is 0.249. The molecule has 3 saturated carbocycles. The lowest BCUT2D eigenvalue weighted by molar-refractivity contribution is -0.117. The largest absolute Gasteiger partial charge is 0.399 e. The summed E-state index contributed by atoms with van der Waals surface area (Å²) in [6.45, 7) is 4.88. The van der Waals surface area contributed by atoms with Crippen LogP contribution in [-0.4, -0.2) is 18.6 Å². The van der Waals surface area contributed by atoms with E-state index < -0.39 is 0 Å². The van der Waals surface area contributed by atoms with Crippen LogP contribution in [0.1, 0.15) is 65.2 Å². The fraction of sp³-hybridized carbons (Fsp3) is 0.800. The molecule has 0 N–H and O–H groups in total. The average molecular weight is 315 g/mol. The second-order valence-electron chi connectivity index (χ2n) is 8.68. The van der Waals surface area contributed by atoms with Crippen molar-refractivity contribution in [3.8, 4) is 0 Å². The summed E-state index contributed by atoms with van der Waals surface area (Å²) in [5.41, 5.74) is 3.29.